The molecule has 0 saturated heterocycles. The number of carbonyl (C=O) groups is 3. The number of hydrogen-bond acceptors (Lipinski definition) is 8. The Morgan fingerprint density at radius 2 is 0.581 bits per heavy atom. The van der Waals surface area contributed by atoms with E-state index in [4.69, 9.17) is 18.9 Å². The number of esters is 2. The lowest BCUT2D eigenvalue weighted by Crippen LogP contribution is -2.44. The highest BCUT2D eigenvalue weighted by molar-refractivity contribution is 5.70. The fourth-order valence-electron chi connectivity index (χ4n) is 10.9. The van der Waals surface area contributed by atoms with Crippen LogP contribution in [0.3, 0.4) is 0 Å². The molecule has 0 heterocycles. The van der Waals surface area contributed by atoms with Gasteiger partial charge in [0.1, 0.15) is 13.2 Å². The number of likely N-dealkylation sites (N-methyl/N-ethyl adjacent to an activating group) is 1. The lowest BCUT2D eigenvalue weighted by Gasteiger charge is -2.26. The molecule has 0 amide bonds. The van der Waals surface area contributed by atoms with Gasteiger partial charge in [-0.1, -0.05) is 341 Å². The van der Waals surface area contributed by atoms with Crippen molar-refractivity contribution in [2.75, 3.05) is 47.5 Å². The molecule has 0 aromatic carbocycles. The van der Waals surface area contributed by atoms with Crippen molar-refractivity contribution in [1.82, 2.24) is 0 Å². The Labute approximate surface area is 574 Å². The molecule has 0 rings (SSSR count). The second kappa shape index (κ2) is 73.5. The molecule has 0 bridgehead atoms. The maximum atomic E-state index is 13.0. The molecule has 2 atom stereocenters. The Kier molecular flexibility index (Phi) is 70.1. The zero-order chi connectivity index (χ0) is 67.5. The molecule has 0 saturated carbocycles. The molecular weight excluding hydrogens is 1150 g/mol. The van der Waals surface area contributed by atoms with Crippen molar-refractivity contribution in [2.24, 2.45) is 0 Å². The summed E-state index contributed by atoms with van der Waals surface area (Å²) in [5.41, 5.74) is 0. The summed E-state index contributed by atoms with van der Waals surface area (Å²) in [6.45, 7) is 4.56. The van der Waals surface area contributed by atoms with Crippen LogP contribution in [0.25, 0.3) is 0 Å². The van der Waals surface area contributed by atoms with Crippen molar-refractivity contribution >= 4 is 17.9 Å². The molecule has 0 radical (unpaired) electrons. The Morgan fingerprint density at radius 1 is 0.323 bits per heavy atom. The van der Waals surface area contributed by atoms with Crippen LogP contribution in [-0.2, 0) is 33.3 Å². The van der Waals surface area contributed by atoms with Crippen molar-refractivity contribution in [2.45, 2.75) is 347 Å². The predicted molar refractivity (Wildman–Crippen MR) is 398 cm³/mol. The van der Waals surface area contributed by atoms with E-state index in [9.17, 15) is 19.5 Å². The van der Waals surface area contributed by atoms with Crippen LogP contribution in [0.4, 0.5) is 0 Å². The second-order valence-electron chi connectivity index (χ2n) is 26.9. The van der Waals surface area contributed by atoms with Gasteiger partial charge in [-0.2, -0.15) is 0 Å². The number of nitrogens with zero attached hydrogens (tertiary/aromatic N) is 1. The van der Waals surface area contributed by atoms with Crippen molar-refractivity contribution in [1.29, 1.82) is 0 Å². The van der Waals surface area contributed by atoms with Gasteiger partial charge in [-0.15, -0.1) is 0 Å². The Bertz CT molecular complexity index is 1950. The van der Waals surface area contributed by atoms with Crippen LogP contribution in [0, 0.1) is 0 Å². The quantitative estimate of drug-likeness (QED) is 0.0195. The molecule has 0 N–H and O–H groups in total. The van der Waals surface area contributed by atoms with Crippen LogP contribution in [0.15, 0.2) is 122 Å². The first kappa shape index (κ1) is 88.7. The highest BCUT2D eigenvalue weighted by Gasteiger charge is 2.22. The van der Waals surface area contributed by atoms with Crippen LogP contribution in [0.1, 0.15) is 335 Å². The smallest absolute Gasteiger partial charge is 0.306 e. The van der Waals surface area contributed by atoms with Crippen LogP contribution in [0.5, 0.6) is 0 Å². The SMILES string of the molecule is CC/C=C\C/C=C\C/C=C\C/C=C\C/C=C\CCCCCCCCCCCCCCCCCCCCCC(=O)OC(COC(=O)CCCCCCCCCCCCCCCCCCC/C=C\C/C=C\C/C=C\C/C=C\C/C=C\CC)COC(OCC[N+](C)(C)C)C(=O)[O-]. The molecule has 0 aliphatic carbocycles. The largest absolute Gasteiger partial charge is 0.545 e. The number of hydrogen-bond donors (Lipinski definition) is 0. The zero-order valence-corrected chi connectivity index (χ0v) is 61.1. The summed E-state index contributed by atoms with van der Waals surface area (Å²) < 4.78 is 22.9. The highest BCUT2D eigenvalue weighted by Crippen LogP contribution is 2.18. The molecule has 534 valence electrons. The standard InChI is InChI=1S/C84H145NO8/c1-6-8-10-12-14-16-18-20-22-24-26-28-30-32-34-36-38-40-41-43-45-47-49-51-53-55-57-59-61-63-65-67-69-71-73-75-82(87)93-80(79-92-84(83(88)89)90-77-76-85(3,4)5)78-91-81(86)74-72-70-68-66-64-62-60-58-56-54-52-50-48-46-44-42-39-37-35-33-31-29-27-25-23-21-19-17-15-13-11-9-7-2/h8-11,14-17,20-23,26-29,32-35,80,84H,6-7,12-13,18-19,24-25,30-31,36-79H2,1-5H3/b10-8-,11-9-,16-14-,17-15-,22-20-,23-21-,28-26-,29-27-,34-32-,35-33-. The molecule has 0 aromatic heterocycles. The number of allylic oxidation sites excluding steroid dienone is 20. The molecule has 0 aromatic rings. The number of ether oxygens (including phenoxy) is 4. The highest BCUT2D eigenvalue weighted by atomic mass is 16.7. The molecule has 9 heteroatoms. The molecule has 93 heavy (non-hydrogen) atoms. The van der Waals surface area contributed by atoms with Gasteiger partial charge in [0.2, 0.25) is 0 Å². The Balaban J connectivity index is 4.03. The fraction of sp³-hybridized carbons (Fsp3) is 0.726. The van der Waals surface area contributed by atoms with Crippen LogP contribution >= 0.6 is 0 Å². The van der Waals surface area contributed by atoms with Gasteiger partial charge in [-0.3, -0.25) is 9.59 Å². The van der Waals surface area contributed by atoms with Crippen LogP contribution < -0.4 is 5.11 Å². The topological polar surface area (TPSA) is 111 Å². The summed E-state index contributed by atoms with van der Waals surface area (Å²) in [6, 6.07) is 0. The summed E-state index contributed by atoms with van der Waals surface area (Å²) in [7, 11) is 5.94. The van der Waals surface area contributed by atoms with Crippen LogP contribution in [0.2, 0.25) is 0 Å². The molecule has 0 aliphatic rings. The van der Waals surface area contributed by atoms with Gasteiger partial charge in [0.05, 0.1) is 40.3 Å². The van der Waals surface area contributed by atoms with Gasteiger partial charge in [-0.05, 0) is 103 Å². The van der Waals surface area contributed by atoms with E-state index in [1.165, 1.54) is 205 Å². The van der Waals surface area contributed by atoms with Crippen molar-refractivity contribution in [3.8, 4) is 0 Å². The fourth-order valence-corrected chi connectivity index (χ4v) is 10.9. The van der Waals surface area contributed by atoms with E-state index in [0.717, 1.165) is 96.3 Å². The zero-order valence-electron chi connectivity index (χ0n) is 61.1. The van der Waals surface area contributed by atoms with E-state index in [0.29, 0.717) is 23.9 Å². The minimum absolute atomic E-state index is 0.146. The first-order valence-corrected chi connectivity index (χ1v) is 38.7. The average Bonchev–Trinajstić information content (AvgIpc) is 3.74. The first-order valence-electron chi connectivity index (χ1n) is 38.7. The summed E-state index contributed by atoms with van der Waals surface area (Å²) in [6.07, 6.45) is 102. The lowest BCUT2D eigenvalue weighted by molar-refractivity contribution is -0.870. The molecular formula is C84H145NO8. The van der Waals surface area contributed by atoms with Crippen molar-refractivity contribution in [3.63, 3.8) is 0 Å². The minimum atomic E-state index is -1.63. The molecule has 0 fully saturated rings. The van der Waals surface area contributed by atoms with Crippen molar-refractivity contribution < 1.29 is 42.9 Å². The van der Waals surface area contributed by atoms with E-state index in [1.807, 2.05) is 21.1 Å². The molecule has 2 unspecified atom stereocenters. The Morgan fingerprint density at radius 3 is 0.860 bits per heavy atom. The van der Waals surface area contributed by atoms with Gasteiger partial charge < -0.3 is 33.3 Å². The van der Waals surface area contributed by atoms with E-state index in [-0.39, 0.29) is 32.2 Å². The monoisotopic (exact) mass is 1300 g/mol. The summed E-state index contributed by atoms with van der Waals surface area (Å²) >= 11 is 0. The summed E-state index contributed by atoms with van der Waals surface area (Å²) in [4.78, 5) is 37.6. The third-order valence-corrected chi connectivity index (χ3v) is 16.7. The van der Waals surface area contributed by atoms with E-state index >= 15 is 0 Å². The van der Waals surface area contributed by atoms with Gasteiger partial charge in [0, 0.05) is 12.8 Å². The van der Waals surface area contributed by atoms with Crippen molar-refractivity contribution in [3.05, 3.63) is 122 Å². The van der Waals surface area contributed by atoms with E-state index in [2.05, 4.69) is 135 Å². The number of rotatable bonds is 71. The molecule has 9 nitrogen and oxygen atoms in total. The third-order valence-electron chi connectivity index (χ3n) is 16.7. The summed E-state index contributed by atoms with van der Waals surface area (Å²) in [5.74, 6) is -2.27. The molecule has 0 spiro atoms. The van der Waals surface area contributed by atoms with E-state index < -0.39 is 24.3 Å². The van der Waals surface area contributed by atoms with Crippen LogP contribution in [-0.4, -0.2) is 82.3 Å². The first-order chi connectivity index (χ1) is 45.6. The summed E-state index contributed by atoms with van der Waals surface area (Å²) in [5, 5.41) is 11.9. The maximum absolute atomic E-state index is 13.0. The number of carboxylic acids is 1. The molecule has 0 aliphatic heterocycles. The number of carboxylic acid groups (broad SMARTS) is 1. The number of unbranched alkanes of at least 4 members (excludes halogenated alkanes) is 36. The Hall–Kier alpha value is -4.31. The van der Waals surface area contributed by atoms with Gasteiger partial charge in [0.25, 0.3) is 0 Å². The lowest BCUT2D eigenvalue weighted by atomic mass is 10.0. The normalized spacial score (nSPS) is 13.3. The maximum Gasteiger partial charge on any atom is 0.306 e. The third kappa shape index (κ3) is 74.9. The van der Waals surface area contributed by atoms with E-state index in [1.54, 1.807) is 0 Å². The van der Waals surface area contributed by atoms with Gasteiger partial charge >= 0.3 is 11.9 Å². The predicted octanol–water partition coefficient (Wildman–Crippen LogP) is 23.4. The van der Waals surface area contributed by atoms with Gasteiger partial charge in [-0.25, -0.2) is 0 Å². The minimum Gasteiger partial charge on any atom is -0.545 e. The average molecular weight is 1300 g/mol. The number of carbonyl (C=O) groups excluding carboxylic acids is 3. The number of quaternary nitrogens is 1. The second-order valence-corrected chi connectivity index (χ2v) is 26.9. The van der Waals surface area contributed by atoms with Gasteiger partial charge in [0.15, 0.2) is 12.4 Å². The number of aliphatic carboxylic acids is 1.